The molecular formula is C13H10N4O4S. The van der Waals surface area contributed by atoms with Crippen molar-refractivity contribution in [1.82, 2.24) is 9.97 Å². The van der Waals surface area contributed by atoms with Gasteiger partial charge in [0.15, 0.2) is 4.77 Å². The van der Waals surface area contributed by atoms with Crippen LogP contribution in [-0.4, -0.2) is 20.8 Å². The number of hydrogen-bond donors (Lipinski definition) is 3. The number of fused-ring (bicyclic) bond motifs is 1. The number of nitro benzene ring substituents is 1. The lowest BCUT2D eigenvalue weighted by molar-refractivity contribution is -0.384. The van der Waals surface area contributed by atoms with Crippen LogP contribution in [0.25, 0.3) is 0 Å². The van der Waals surface area contributed by atoms with Crippen molar-refractivity contribution in [2.75, 3.05) is 5.32 Å². The number of anilines is 1. The first-order valence-corrected chi connectivity index (χ1v) is 6.77. The number of non-ortho nitro benzene ring substituents is 1. The van der Waals surface area contributed by atoms with Gasteiger partial charge in [-0.1, -0.05) is 12.1 Å². The fourth-order valence-corrected chi connectivity index (χ4v) is 2.74. The van der Waals surface area contributed by atoms with Crippen LogP contribution in [0.5, 0.6) is 0 Å². The Bertz CT molecular complexity index is 901. The second kappa shape index (κ2) is 5.19. The molecule has 0 aliphatic carbocycles. The number of carbonyl (C=O) groups excluding carboxylic acids is 1. The van der Waals surface area contributed by atoms with Crippen LogP contribution in [0.3, 0.4) is 0 Å². The van der Waals surface area contributed by atoms with Crippen molar-refractivity contribution in [2.24, 2.45) is 0 Å². The van der Waals surface area contributed by atoms with E-state index in [1.54, 1.807) is 6.07 Å². The molecular weight excluding hydrogens is 308 g/mol. The number of nitrogens with zero attached hydrogens (tertiary/aromatic N) is 1. The van der Waals surface area contributed by atoms with Gasteiger partial charge in [0.25, 0.3) is 11.2 Å². The summed E-state index contributed by atoms with van der Waals surface area (Å²) in [5.74, 6) is -0.624. The topological polar surface area (TPSA) is 121 Å². The van der Waals surface area contributed by atoms with E-state index in [-0.39, 0.29) is 28.6 Å². The number of nitrogens with one attached hydrogen (secondary N) is 3. The number of H-pyrrole nitrogens is 2. The average Bonchev–Trinajstić information content (AvgIpc) is 2.45. The van der Waals surface area contributed by atoms with Crippen LogP contribution in [-0.2, 0) is 4.79 Å². The fraction of sp³-hybridized carbons (Fsp3) is 0.154. The predicted molar refractivity (Wildman–Crippen MR) is 80.4 cm³/mol. The smallest absolute Gasteiger partial charge is 0.269 e. The molecule has 1 atom stereocenters. The highest BCUT2D eigenvalue weighted by Crippen LogP contribution is 2.34. The lowest BCUT2D eigenvalue weighted by Gasteiger charge is -2.24. The van der Waals surface area contributed by atoms with Gasteiger partial charge >= 0.3 is 0 Å². The summed E-state index contributed by atoms with van der Waals surface area (Å²) in [6, 6.07) is 5.91. The molecule has 0 radical (unpaired) electrons. The number of nitro groups is 1. The van der Waals surface area contributed by atoms with Crippen molar-refractivity contribution in [3.05, 3.63) is 60.6 Å². The molecule has 1 aromatic heterocycles. The zero-order valence-electron chi connectivity index (χ0n) is 11.1. The highest BCUT2D eigenvalue weighted by molar-refractivity contribution is 7.71. The van der Waals surface area contributed by atoms with Crippen LogP contribution in [0.2, 0.25) is 0 Å². The molecule has 9 heteroatoms. The summed E-state index contributed by atoms with van der Waals surface area (Å²) < 4.78 is 0.101. The standard InChI is InChI=1S/C13H10N4O4S/c18-9-5-8(6-2-1-3-7(4-6)17(20)21)10-11(14-9)15-13(22)16-12(10)19/h1-4,8H,5H2,(H3,14,15,16,18,19,22). The van der Waals surface area contributed by atoms with Gasteiger partial charge < -0.3 is 10.3 Å². The van der Waals surface area contributed by atoms with Crippen LogP contribution in [0, 0.1) is 14.9 Å². The molecule has 0 saturated carbocycles. The first-order chi connectivity index (χ1) is 10.5. The normalized spacial score (nSPS) is 16.7. The molecule has 1 aliphatic heterocycles. The average molecular weight is 318 g/mol. The summed E-state index contributed by atoms with van der Waals surface area (Å²) >= 11 is 4.88. The Morgan fingerprint density at radius 1 is 1.27 bits per heavy atom. The first kappa shape index (κ1) is 14.1. The molecule has 3 N–H and O–H groups in total. The molecule has 1 aliphatic rings. The number of rotatable bonds is 2. The van der Waals surface area contributed by atoms with Crippen LogP contribution in [0.1, 0.15) is 23.5 Å². The summed E-state index contributed by atoms with van der Waals surface area (Å²) in [7, 11) is 0. The third kappa shape index (κ3) is 2.42. The van der Waals surface area contributed by atoms with Crippen molar-refractivity contribution in [3.63, 3.8) is 0 Å². The van der Waals surface area contributed by atoms with Gasteiger partial charge in [0, 0.05) is 24.5 Å². The Hall–Kier alpha value is -2.81. The quantitative estimate of drug-likeness (QED) is 0.443. The first-order valence-electron chi connectivity index (χ1n) is 6.36. The van der Waals surface area contributed by atoms with E-state index in [0.717, 1.165) is 0 Å². The number of aromatic amines is 2. The Balaban J connectivity index is 2.19. The number of carbonyl (C=O) groups is 1. The lowest BCUT2D eigenvalue weighted by Crippen LogP contribution is -2.31. The van der Waals surface area contributed by atoms with Crippen molar-refractivity contribution in [3.8, 4) is 0 Å². The number of aromatic nitrogens is 2. The van der Waals surface area contributed by atoms with Gasteiger partial charge in [-0.05, 0) is 17.8 Å². The molecule has 8 nitrogen and oxygen atoms in total. The maximum Gasteiger partial charge on any atom is 0.269 e. The zero-order chi connectivity index (χ0) is 15.9. The molecule has 22 heavy (non-hydrogen) atoms. The third-order valence-electron chi connectivity index (χ3n) is 3.47. The van der Waals surface area contributed by atoms with Gasteiger partial charge in [0.2, 0.25) is 5.91 Å². The van der Waals surface area contributed by atoms with Gasteiger partial charge in [-0.25, -0.2) is 0 Å². The lowest BCUT2D eigenvalue weighted by atomic mass is 9.86. The second-order valence-corrected chi connectivity index (χ2v) is 5.26. The van der Waals surface area contributed by atoms with E-state index in [1.165, 1.54) is 18.2 Å². The Kier molecular flexibility index (Phi) is 3.33. The van der Waals surface area contributed by atoms with Crippen molar-refractivity contribution in [2.45, 2.75) is 12.3 Å². The van der Waals surface area contributed by atoms with Gasteiger partial charge in [0.1, 0.15) is 5.82 Å². The molecule has 112 valence electrons. The third-order valence-corrected chi connectivity index (χ3v) is 3.67. The highest BCUT2D eigenvalue weighted by atomic mass is 32.1. The number of hydrogen-bond acceptors (Lipinski definition) is 5. The second-order valence-electron chi connectivity index (χ2n) is 4.85. The van der Waals surface area contributed by atoms with Crippen molar-refractivity contribution >= 4 is 29.6 Å². The molecule has 0 spiro atoms. The molecule has 0 saturated heterocycles. The maximum atomic E-state index is 12.2. The monoisotopic (exact) mass is 318 g/mol. The minimum absolute atomic E-state index is 0.0296. The number of amides is 1. The largest absolute Gasteiger partial charge is 0.318 e. The van der Waals surface area contributed by atoms with Crippen molar-refractivity contribution in [1.29, 1.82) is 0 Å². The summed E-state index contributed by atoms with van der Waals surface area (Å²) in [5, 5.41) is 13.5. The summed E-state index contributed by atoms with van der Waals surface area (Å²) in [6.45, 7) is 0. The molecule has 1 aromatic carbocycles. The zero-order valence-corrected chi connectivity index (χ0v) is 11.9. The SMILES string of the molecule is O=C1CC(c2cccc([N+](=O)[O-])c2)c2c([nH]c(=S)[nH]c2=O)N1. The molecule has 1 amide bonds. The van der Waals surface area contributed by atoms with Gasteiger partial charge in [-0.2, -0.15) is 0 Å². The highest BCUT2D eigenvalue weighted by Gasteiger charge is 2.30. The summed E-state index contributed by atoms with van der Waals surface area (Å²) in [5.41, 5.74) is 0.329. The summed E-state index contributed by atoms with van der Waals surface area (Å²) in [6.07, 6.45) is 0.0296. The van der Waals surface area contributed by atoms with Gasteiger partial charge in [-0.3, -0.25) is 24.7 Å². The van der Waals surface area contributed by atoms with E-state index in [4.69, 9.17) is 12.2 Å². The van der Waals surface area contributed by atoms with E-state index in [0.29, 0.717) is 11.1 Å². The predicted octanol–water partition coefficient (Wildman–Crippen LogP) is 1.81. The minimum atomic E-state index is -0.570. The van der Waals surface area contributed by atoms with Gasteiger partial charge in [-0.15, -0.1) is 0 Å². The van der Waals surface area contributed by atoms with E-state index in [9.17, 15) is 19.7 Å². The molecule has 2 aromatic rings. The Morgan fingerprint density at radius 3 is 2.77 bits per heavy atom. The molecule has 3 rings (SSSR count). The van der Waals surface area contributed by atoms with Crippen LogP contribution in [0.4, 0.5) is 11.5 Å². The Morgan fingerprint density at radius 2 is 2.05 bits per heavy atom. The Labute approximate surface area is 128 Å². The molecule has 0 fully saturated rings. The van der Waals surface area contributed by atoms with Crippen LogP contribution >= 0.6 is 12.2 Å². The molecule has 2 heterocycles. The molecule has 1 unspecified atom stereocenters. The molecule has 0 bridgehead atoms. The maximum absolute atomic E-state index is 12.2. The van der Waals surface area contributed by atoms with E-state index in [2.05, 4.69) is 15.3 Å². The van der Waals surface area contributed by atoms with Crippen LogP contribution < -0.4 is 10.9 Å². The summed E-state index contributed by atoms with van der Waals surface area (Å²) in [4.78, 5) is 39.6. The fourth-order valence-electron chi connectivity index (χ4n) is 2.54. The van der Waals surface area contributed by atoms with Gasteiger partial charge in [0.05, 0.1) is 10.5 Å². The van der Waals surface area contributed by atoms with Crippen molar-refractivity contribution < 1.29 is 9.72 Å². The van der Waals surface area contributed by atoms with Crippen LogP contribution in [0.15, 0.2) is 29.1 Å². The van der Waals surface area contributed by atoms with E-state index in [1.807, 2.05) is 0 Å². The van der Waals surface area contributed by atoms with E-state index >= 15 is 0 Å². The van der Waals surface area contributed by atoms with E-state index < -0.39 is 16.4 Å². The number of benzene rings is 1. The minimum Gasteiger partial charge on any atom is -0.318 e.